The second-order valence-corrected chi connectivity index (χ2v) is 19.1. The van der Waals surface area contributed by atoms with Crippen molar-refractivity contribution >= 4 is 65.4 Å². The molecule has 0 saturated heterocycles. The van der Waals surface area contributed by atoms with E-state index in [-0.39, 0.29) is 0 Å². The van der Waals surface area contributed by atoms with E-state index in [0.29, 0.717) is 5.82 Å². The molecule has 74 heavy (non-hydrogen) atoms. The summed E-state index contributed by atoms with van der Waals surface area (Å²) in [6.07, 6.45) is 4.39. The lowest BCUT2D eigenvalue weighted by Crippen LogP contribution is -1.98. The van der Waals surface area contributed by atoms with Gasteiger partial charge in [-0.05, 0) is 108 Å². The van der Waals surface area contributed by atoms with E-state index in [2.05, 4.69) is 273 Å². The van der Waals surface area contributed by atoms with E-state index in [1.807, 2.05) is 12.1 Å². The molecule has 0 radical (unpaired) electrons. The fourth-order valence-corrected chi connectivity index (χ4v) is 11.4. The van der Waals surface area contributed by atoms with E-state index in [9.17, 15) is 0 Å². The van der Waals surface area contributed by atoms with E-state index in [1.54, 1.807) is 0 Å². The Morgan fingerprint density at radius 1 is 0.257 bits per heavy atom. The maximum atomic E-state index is 5.24. The van der Waals surface area contributed by atoms with Crippen LogP contribution in [0.15, 0.2) is 267 Å². The third-order valence-corrected chi connectivity index (χ3v) is 14.8. The molecule has 0 N–H and O–H groups in total. The molecule has 0 aliphatic heterocycles. The van der Waals surface area contributed by atoms with Crippen molar-refractivity contribution in [1.82, 2.24) is 28.2 Å². The smallest absolute Gasteiger partial charge is 0.160 e. The Balaban J connectivity index is 0.938. The minimum atomic E-state index is 0.675. The van der Waals surface area contributed by atoms with Crippen LogP contribution in [0.25, 0.3) is 133 Å². The number of hydrogen-bond acceptors (Lipinski definition) is 2. The molecule has 0 bridgehead atoms. The molecule has 5 aromatic heterocycles. The summed E-state index contributed by atoms with van der Waals surface area (Å²) in [7, 11) is 0. The Bertz CT molecular complexity index is 4570. The molecule has 0 spiro atoms. The van der Waals surface area contributed by atoms with Gasteiger partial charge in [0.15, 0.2) is 5.82 Å². The van der Waals surface area contributed by atoms with E-state index in [1.165, 1.54) is 48.9 Å². The largest absolute Gasteiger partial charge is 0.316 e. The summed E-state index contributed by atoms with van der Waals surface area (Å²) in [5.41, 5.74) is 18.5. The molecule has 15 aromatic rings. The molecule has 10 aromatic carbocycles. The molecular weight excluding hydrogens is 901 g/mol. The maximum absolute atomic E-state index is 5.24. The van der Waals surface area contributed by atoms with Gasteiger partial charge in [0, 0.05) is 84.2 Å². The van der Waals surface area contributed by atoms with Crippen LogP contribution in [0.3, 0.4) is 0 Å². The summed E-state index contributed by atoms with van der Waals surface area (Å²) < 4.78 is 9.51. The molecule has 0 atom stereocenters. The Morgan fingerprint density at radius 2 is 0.743 bits per heavy atom. The third kappa shape index (κ3) is 6.66. The summed E-state index contributed by atoms with van der Waals surface area (Å²) in [5.74, 6) is 0.675. The van der Waals surface area contributed by atoms with Crippen molar-refractivity contribution < 1.29 is 0 Å². The van der Waals surface area contributed by atoms with Crippen molar-refractivity contribution in [2.75, 3.05) is 0 Å². The molecule has 0 amide bonds. The number of rotatable bonds is 8. The zero-order valence-electron chi connectivity index (χ0n) is 40.1. The topological polar surface area (TPSA) is 45.5 Å². The molecule has 0 aliphatic carbocycles. The van der Waals surface area contributed by atoms with Gasteiger partial charge in [-0.25, -0.2) is 9.97 Å². The van der Waals surface area contributed by atoms with Crippen LogP contribution < -0.4 is 0 Å². The van der Waals surface area contributed by atoms with Crippen LogP contribution in [0.4, 0.5) is 0 Å². The first-order valence-electron chi connectivity index (χ1n) is 25.1. The van der Waals surface area contributed by atoms with Crippen molar-refractivity contribution in [3.63, 3.8) is 0 Å². The van der Waals surface area contributed by atoms with Crippen molar-refractivity contribution in [3.8, 4) is 67.8 Å². The first-order chi connectivity index (χ1) is 36.7. The summed E-state index contributed by atoms with van der Waals surface area (Å²) in [6, 6.07) is 91.3. The van der Waals surface area contributed by atoms with Gasteiger partial charge in [-0.1, -0.05) is 158 Å². The van der Waals surface area contributed by atoms with Crippen molar-refractivity contribution in [1.29, 1.82) is 0 Å². The van der Waals surface area contributed by atoms with E-state index in [4.69, 9.17) is 9.97 Å². The molecule has 0 unspecified atom stereocenters. The second-order valence-electron chi connectivity index (χ2n) is 19.1. The number of hydrogen-bond donors (Lipinski definition) is 0. The standard InChI is InChI=1S/C68H44N6/c1-6-17-45(18-7-1)60-44-61(46-19-8-2-9-20-46)70-68(69-60)50-21-16-28-54(41-50)74-64-35-31-48(42-58(64)55-33-36-62-57(66(55)74)38-40-71(62)51-22-10-3-11-23-51)49-30-34-63-59(43-49)56-32-29-47-37-39-72(52-24-12-4-13-25-52)65(47)67(56)73(63)53-26-14-5-15-27-53/h1-44H. The Kier molecular flexibility index (Phi) is 9.47. The zero-order valence-corrected chi connectivity index (χ0v) is 40.1. The fraction of sp³-hybridized carbons (Fsp3) is 0. The molecule has 6 heteroatoms. The number of nitrogens with zero attached hydrogens (tertiary/aromatic N) is 6. The monoisotopic (exact) mass is 944 g/mol. The summed E-state index contributed by atoms with van der Waals surface area (Å²) in [4.78, 5) is 10.5. The first kappa shape index (κ1) is 41.7. The van der Waals surface area contributed by atoms with E-state index >= 15 is 0 Å². The van der Waals surface area contributed by atoms with Crippen molar-refractivity contribution in [2.45, 2.75) is 0 Å². The quantitative estimate of drug-likeness (QED) is 0.152. The summed E-state index contributed by atoms with van der Waals surface area (Å²) in [6.45, 7) is 0. The number of fused-ring (bicyclic) bond motifs is 10. The van der Waals surface area contributed by atoms with Crippen molar-refractivity contribution in [3.05, 3.63) is 267 Å². The minimum Gasteiger partial charge on any atom is -0.316 e. The molecule has 0 fully saturated rings. The summed E-state index contributed by atoms with van der Waals surface area (Å²) in [5, 5.41) is 7.16. The fourth-order valence-electron chi connectivity index (χ4n) is 11.4. The normalized spacial score (nSPS) is 11.8. The Morgan fingerprint density at radius 3 is 1.36 bits per heavy atom. The Hall–Kier alpha value is -10.0. The van der Waals surface area contributed by atoms with Gasteiger partial charge in [0.1, 0.15) is 0 Å². The number of para-hydroxylation sites is 3. The van der Waals surface area contributed by atoms with Crippen LogP contribution in [-0.2, 0) is 0 Å². The average Bonchev–Trinajstić information content (AvgIpc) is 4.32. The van der Waals surface area contributed by atoms with Gasteiger partial charge in [-0.2, -0.15) is 0 Å². The van der Waals surface area contributed by atoms with Crippen LogP contribution in [-0.4, -0.2) is 28.2 Å². The van der Waals surface area contributed by atoms with Gasteiger partial charge in [0.2, 0.25) is 0 Å². The SMILES string of the molecule is c1ccc(-c2cc(-c3ccccc3)nc(-c3cccc(-n4c5ccc(-c6ccc7c(c6)c6ccc8ccn(-c9ccccc9)c8c6n7-c6ccccc6)cc5c5ccc6c(ccn6-c6ccccc6)c54)c3)n2)cc1. The molecule has 346 valence electrons. The maximum Gasteiger partial charge on any atom is 0.160 e. The lowest BCUT2D eigenvalue weighted by Gasteiger charge is -2.13. The molecule has 15 rings (SSSR count). The predicted molar refractivity (Wildman–Crippen MR) is 306 cm³/mol. The third-order valence-electron chi connectivity index (χ3n) is 14.8. The second kappa shape index (κ2) is 16.8. The highest BCUT2D eigenvalue weighted by molar-refractivity contribution is 6.21. The highest BCUT2D eigenvalue weighted by Gasteiger charge is 2.22. The summed E-state index contributed by atoms with van der Waals surface area (Å²) >= 11 is 0. The van der Waals surface area contributed by atoms with Gasteiger partial charge in [0.25, 0.3) is 0 Å². The van der Waals surface area contributed by atoms with Gasteiger partial charge < -0.3 is 18.3 Å². The van der Waals surface area contributed by atoms with Crippen LogP contribution in [0, 0.1) is 0 Å². The highest BCUT2D eigenvalue weighted by Crippen LogP contribution is 2.43. The van der Waals surface area contributed by atoms with Gasteiger partial charge in [-0.3, -0.25) is 0 Å². The molecule has 6 nitrogen and oxygen atoms in total. The van der Waals surface area contributed by atoms with Crippen LogP contribution in [0.5, 0.6) is 0 Å². The van der Waals surface area contributed by atoms with Gasteiger partial charge in [0.05, 0.1) is 44.5 Å². The average molecular weight is 945 g/mol. The lowest BCUT2D eigenvalue weighted by atomic mass is 10.00. The highest BCUT2D eigenvalue weighted by atomic mass is 15.0. The Labute approximate surface area is 426 Å². The predicted octanol–water partition coefficient (Wildman–Crippen LogP) is 17.2. The molecule has 5 heterocycles. The molecule has 0 aliphatic rings. The minimum absolute atomic E-state index is 0.675. The molecular formula is C68H44N6. The van der Waals surface area contributed by atoms with Gasteiger partial charge in [-0.15, -0.1) is 0 Å². The van der Waals surface area contributed by atoms with Crippen LogP contribution in [0.1, 0.15) is 0 Å². The van der Waals surface area contributed by atoms with Crippen LogP contribution in [0.2, 0.25) is 0 Å². The van der Waals surface area contributed by atoms with Crippen LogP contribution >= 0.6 is 0 Å². The lowest BCUT2D eigenvalue weighted by molar-refractivity contribution is 1.12. The van der Waals surface area contributed by atoms with E-state index in [0.717, 1.165) is 78.5 Å². The zero-order chi connectivity index (χ0) is 48.7. The number of aromatic nitrogens is 6. The first-order valence-corrected chi connectivity index (χ1v) is 25.1. The van der Waals surface area contributed by atoms with Crippen molar-refractivity contribution in [2.24, 2.45) is 0 Å². The van der Waals surface area contributed by atoms with Gasteiger partial charge >= 0.3 is 0 Å². The molecule has 0 saturated carbocycles. The number of benzene rings is 10. The van der Waals surface area contributed by atoms with E-state index < -0.39 is 0 Å².